The Kier molecular flexibility index (Phi) is 4.24. The highest BCUT2D eigenvalue weighted by molar-refractivity contribution is 5.72. The summed E-state index contributed by atoms with van der Waals surface area (Å²) in [4.78, 5) is 8.72. The lowest BCUT2D eigenvalue weighted by atomic mass is 10.1. The highest BCUT2D eigenvalue weighted by atomic mass is 19.1. The Labute approximate surface area is 148 Å². The minimum atomic E-state index is -0.351. The summed E-state index contributed by atoms with van der Waals surface area (Å²) in [6.07, 6.45) is 2.41. The van der Waals surface area contributed by atoms with Crippen molar-refractivity contribution in [3.05, 3.63) is 66.1 Å². The van der Waals surface area contributed by atoms with Crippen molar-refractivity contribution in [3.63, 3.8) is 0 Å². The van der Waals surface area contributed by atoms with E-state index in [2.05, 4.69) is 25.6 Å². The van der Waals surface area contributed by atoms with Crippen molar-refractivity contribution < 1.29 is 4.39 Å². The molecule has 0 radical (unpaired) electrons. The number of nitrogens with one attached hydrogen (secondary N) is 1. The molecule has 0 unspecified atom stereocenters. The summed E-state index contributed by atoms with van der Waals surface area (Å²) in [7, 11) is 0. The second kappa shape index (κ2) is 6.85. The zero-order valence-corrected chi connectivity index (χ0v) is 13.8. The first-order valence-corrected chi connectivity index (χ1v) is 8.13. The number of hydrogen-bond acceptors (Lipinski definition) is 6. The van der Waals surface area contributed by atoms with Gasteiger partial charge in [-0.15, -0.1) is 5.10 Å². The maximum atomic E-state index is 13.5. The average Bonchev–Trinajstić information content (AvgIpc) is 3.07. The van der Waals surface area contributed by atoms with Crippen molar-refractivity contribution in [3.8, 4) is 5.69 Å². The molecular weight excluding hydrogens is 333 g/mol. The number of halogens is 1. The van der Waals surface area contributed by atoms with Crippen LogP contribution >= 0.6 is 0 Å². The third kappa shape index (κ3) is 3.22. The van der Waals surface area contributed by atoms with E-state index in [1.165, 1.54) is 22.4 Å². The van der Waals surface area contributed by atoms with Crippen molar-refractivity contribution in [2.45, 2.75) is 6.42 Å². The Morgan fingerprint density at radius 3 is 2.73 bits per heavy atom. The monoisotopic (exact) mass is 349 g/mol. The zero-order valence-electron chi connectivity index (χ0n) is 13.8. The van der Waals surface area contributed by atoms with E-state index in [-0.39, 0.29) is 5.82 Å². The number of nitrogens with zero attached hydrogens (tertiary/aromatic N) is 5. The van der Waals surface area contributed by atoms with Crippen LogP contribution in [0.15, 0.2) is 54.7 Å². The predicted octanol–water partition coefficient (Wildman–Crippen LogP) is 2.59. The number of benzene rings is 2. The predicted molar refractivity (Wildman–Crippen MR) is 96.9 cm³/mol. The molecule has 0 amide bonds. The van der Waals surface area contributed by atoms with E-state index >= 15 is 0 Å². The number of fused-ring (bicyclic) bond motifs is 1. The fourth-order valence-corrected chi connectivity index (χ4v) is 2.62. The van der Waals surface area contributed by atoms with Crippen LogP contribution in [0, 0.1) is 5.82 Å². The molecule has 0 atom stereocenters. The van der Waals surface area contributed by atoms with Gasteiger partial charge in [0.2, 0.25) is 5.95 Å². The lowest BCUT2D eigenvalue weighted by molar-refractivity contribution is 0.625. The van der Waals surface area contributed by atoms with Gasteiger partial charge in [-0.05, 0) is 48.9 Å². The summed E-state index contributed by atoms with van der Waals surface area (Å²) in [5.41, 5.74) is 9.15. The fraction of sp³-hybridized carbons (Fsp3) is 0.111. The van der Waals surface area contributed by atoms with Crippen LogP contribution in [0.1, 0.15) is 5.56 Å². The lowest BCUT2D eigenvalue weighted by Crippen LogP contribution is -2.03. The Hall–Kier alpha value is -3.39. The quantitative estimate of drug-likeness (QED) is 0.575. The van der Waals surface area contributed by atoms with E-state index in [1.807, 2.05) is 24.3 Å². The molecule has 0 aliphatic rings. The Morgan fingerprint density at radius 1 is 1.12 bits per heavy atom. The molecule has 4 rings (SSSR count). The molecule has 26 heavy (non-hydrogen) atoms. The van der Waals surface area contributed by atoms with Gasteiger partial charge >= 0.3 is 0 Å². The van der Waals surface area contributed by atoms with Gasteiger partial charge in [-0.3, -0.25) is 0 Å². The maximum absolute atomic E-state index is 13.5. The summed E-state index contributed by atoms with van der Waals surface area (Å²) in [6.45, 7) is 0.615. The first-order chi connectivity index (χ1) is 12.7. The molecule has 0 bridgehead atoms. The molecule has 0 spiro atoms. The van der Waals surface area contributed by atoms with E-state index in [1.54, 1.807) is 18.3 Å². The summed E-state index contributed by atoms with van der Waals surface area (Å²) in [6, 6.07) is 14.0. The van der Waals surface area contributed by atoms with Crippen LogP contribution < -0.4 is 11.1 Å². The molecule has 8 heteroatoms. The van der Waals surface area contributed by atoms with E-state index in [0.29, 0.717) is 29.3 Å². The number of aromatic nitrogens is 5. The van der Waals surface area contributed by atoms with Crippen LogP contribution in [-0.4, -0.2) is 31.5 Å². The molecule has 0 fully saturated rings. The van der Waals surface area contributed by atoms with Gasteiger partial charge in [-0.2, -0.15) is 9.67 Å². The molecule has 130 valence electrons. The largest absolute Gasteiger partial charge is 0.330 e. The van der Waals surface area contributed by atoms with E-state index in [4.69, 9.17) is 5.73 Å². The number of anilines is 2. The second-order valence-corrected chi connectivity index (χ2v) is 5.74. The summed E-state index contributed by atoms with van der Waals surface area (Å²) >= 11 is 0. The standard InChI is InChI=1S/C18H16FN7/c19-13-2-1-3-15(10-13)26-17-16(24-25-26)11-21-18(23-17)22-14-6-4-12(5-7-14)8-9-20/h1-7,10-11H,8-9,20H2,(H,21,22,23). The van der Waals surface area contributed by atoms with Gasteiger partial charge in [-0.1, -0.05) is 23.4 Å². The minimum Gasteiger partial charge on any atom is -0.330 e. The first-order valence-electron chi connectivity index (χ1n) is 8.13. The van der Waals surface area contributed by atoms with Gasteiger partial charge in [0, 0.05) is 5.69 Å². The SMILES string of the molecule is NCCc1ccc(Nc2ncc3nnn(-c4cccc(F)c4)c3n2)cc1. The smallest absolute Gasteiger partial charge is 0.229 e. The highest BCUT2D eigenvalue weighted by Crippen LogP contribution is 2.18. The maximum Gasteiger partial charge on any atom is 0.229 e. The van der Waals surface area contributed by atoms with Crippen molar-refractivity contribution in [1.29, 1.82) is 0 Å². The van der Waals surface area contributed by atoms with Crippen molar-refractivity contribution in [1.82, 2.24) is 25.0 Å². The third-order valence-electron chi connectivity index (χ3n) is 3.89. The topological polar surface area (TPSA) is 94.5 Å². The molecule has 0 aliphatic carbocycles. The van der Waals surface area contributed by atoms with Crippen LogP contribution in [0.3, 0.4) is 0 Å². The Bertz CT molecular complexity index is 1040. The van der Waals surface area contributed by atoms with Crippen LogP contribution in [-0.2, 0) is 6.42 Å². The van der Waals surface area contributed by atoms with Gasteiger partial charge in [0.1, 0.15) is 5.82 Å². The summed E-state index contributed by atoms with van der Waals surface area (Å²) in [5.74, 6) is 0.0557. The van der Waals surface area contributed by atoms with Crippen molar-refractivity contribution in [2.75, 3.05) is 11.9 Å². The fourth-order valence-electron chi connectivity index (χ4n) is 2.62. The highest BCUT2D eigenvalue weighted by Gasteiger charge is 2.11. The molecule has 0 saturated carbocycles. The summed E-state index contributed by atoms with van der Waals surface area (Å²) < 4.78 is 15.0. The Morgan fingerprint density at radius 2 is 1.96 bits per heavy atom. The molecule has 4 aromatic rings. The van der Waals surface area contributed by atoms with Crippen molar-refractivity contribution >= 4 is 22.8 Å². The third-order valence-corrected chi connectivity index (χ3v) is 3.89. The zero-order chi connectivity index (χ0) is 17.9. The van der Waals surface area contributed by atoms with Crippen LogP contribution in [0.25, 0.3) is 16.9 Å². The molecule has 2 aromatic heterocycles. The van der Waals surface area contributed by atoms with E-state index in [0.717, 1.165) is 12.1 Å². The van der Waals surface area contributed by atoms with E-state index < -0.39 is 0 Å². The van der Waals surface area contributed by atoms with Crippen LogP contribution in [0.4, 0.5) is 16.0 Å². The molecule has 3 N–H and O–H groups in total. The second-order valence-electron chi connectivity index (χ2n) is 5.74. The van der Waals surface area contributed by atoms with E-state index in [9.17, 15) is 4.39 Å². The molecule has 2 aromatic carbocycles. The first kappa shape index (κ1) is 16.1. The van der Waals surface area contributed by atoms with Gasteiger partial charge in [0.05, 0.1) is 11.9 Å². The van der Waals surface area contributed by atoms with Crippen molar-refractivity contribution in [2.24, 2.45) is 5.73 Å². The number of hydrogen-bond donors (Lipinski definition) is 2. The molecule has 0 aliphatic heterocycles. The summed E-state index contributed by atoms with van der Waals surface area (Å²) in [5, 5.41) is 11.2. The van der Waals surface area contributed by atoms with Gasteiger partial charge in [-0.25, -0.2) is 9.37 Å². The molecule has 0 saturated heterocycles. The Balaban J connectivity index is 1.65. The van der Waals surface area contributed by atoms with Gasteiger partial charge < -0.3 is 11.1 Å². The number of rotatable bonds is 5. The lowest BCUT2D eigenvalue weighted by Gasteiger charge is -2.06. The minimum absolute atomic E-state index is 0.351. The van der Waals surface area contributed by atoms with Crippen LogP contribution in [0.5, 0.6) is 0 Å². The normalized spacial score (nSPS) is 11.0. The number of nitrogens with two attached hydrogens (primary N) is 1. The molecule has 2 heterocycles. The van der Waals surface area contributed by atoms with Gasteiger partial charge in [0.15, 0.2) is 11.2 Å². The van der Waals surface area contributed by atoms with Gasteiger partial charge in [0.25, 0.3) is 0 Å². The average molecular weight is 349 g/mol. The molecular formula is C18H16FN7. The van der Waals surface area contributed by atoms with Crippen LogP contribution in [0.2, 0.25) is 0 Å². The molecule has 7 nitrogen and oxygen atoms in total.